The van der Waals surface area contributed by atoms with Crippen LogP contribution in [-0.4, -0.2) is 5.11 Å². The number of rotatable bonds is 2. The molecule has 2 aliphatic carbocycles. The van der Waals surface area contributed by atoms with Crippen LogP contribution in [0.25, 0.3) is 0 Å². The Kier molecular flexibility index (Phi) is 2.28. The van der Waals surface area contributed by atoms with Crippen molar-refractivity contribution in [2.75, 3.05) is 0 Å². The van der Waals surface area contributed by atoms with Gasteiger partial charge in [0.05, 0.1) is 6.10 Å². The number of aryl methyl sites for hydroxylation is 2. The molecule has 1 unspecified atom stereocenters. The third kappa shape index (κ3) is 1.59. The Bertz CT molecular complexity index is 366. The number of aliphatic hydroxyl groups is 1. The first-order chi connectivity index (χ1) is 7.34. The van der Waals surface area contributed by atoms with E-state index in [1.807, 2.05) is 0 Å². The zero-order chi connectivity index (χ0) is 10.3. The third-order valence-electron chi connectivity index (χ3n) is 4.06. The van der Waals surface area contributed by atoms with Gasteiger partial charge in [-0.2, -0.15) is 0 Å². The summed E-state index contributed by atoms with van der Waals surface area (Å²) < 4.78 is 0. The predicted octanol–water partition coefficient (Wildman–Crippen LogP) is 3.01. The standard InChI is InChI=1S/C14H18O/c15-14(11-4-2-5-11)13-8-7-10-3-1-6-12(10)9-13/h7-9,11,14-15H,1-6H2. The van der Waals surface area contributed by atoms with Gasteiger partial charge in [-0.15, -0.1) is 0 Å². The molecule has 1 nitrogen and oxygen atoms in total. The molecule has 1 aromatic rings. The van der Waals surface area contributed by atoms with Crippen molar-refractivity contribution in [1.82, 2.24) is 0 Å². The molecule has 0 aromatic heterocycles. The van der Waals surface area contributed by atoms with Gasteiger partial charge in [-0.05, 0) is 54.7 Å². The van der Waals surface area contributed by atoms with Crippen LogP contribution >= 0.6 is 0 Å². The molecular weight excluding hydrogens is 184 g/mol. The molecule has 0 amide bonds. The fourth-order valence-corrected chi connectivity index (χ4v) is 2.80. The summed E-state index contributed by atoms with van der Waals surface area (Å²) in [6.07, 6.45) is 7.24. The van der Waals surface area contributed by atoms with E-state index >= 15 is 0 Å². The van der Waals surface area contributed by atoms with Crippen molar-refractivity contribution in [3.8, 4) is 0 Å². The monoisotopic (exact) mass is 202 g/mol. The average molecular weight is 202 g/mol. The van der Waals surface area contributed by atoms with E-state index in [2.05, 4.69) is 18.2 Å². The Balaban J connectivity index is 1.85. The van der Waals surface area contributed by atoms with E-state index in [0.29, 0.717) is 5.92 Å². The lowest BCUT2D eigenvalue weighted by Gasteiger charge is -2.30. The summed E-state index contributed by atoms with van der Waals surface area (Å²) in [5.74, 6) is 0.532. The van der Waals surface area contributed by atoms with Gasteiger partial charge in [-0.3, -0.25) is 0 Å². The fraction of sp³-hybridized carbons (Fsp3) is 0.571. The van der Waals surface area contributed by atoms with E-state index in [0.717, 1.165) is 5.56 Å². The summed E-state index contributed by atoms with van der Waals surface area (Å²) >= 11 is 0. The molecule has 2 aliphatic rings. The van der Waals surface area contributed by atoms with Gasteiger partial charge in [-0.1, -0.05) is 24.6 Å². The van der Waals surface area contributed by atoms with Gasteiger partial charge in [0.25, 0.3) is 0 Å². The molecule has 0 spiro atoms. The largest absolute Gasteiger partial charge is 0.388 e. The number of hydrogen-bond donors (Lipinski definition) is 1. The Morgan fingerprint density at radius 2 is 1.87 bits per heavy atom. The van der Waals surface area contributed by atoms with Gasteiger partial charge >= 0.3 is 0 Å². The summed E-state index contributed by atoms with van der Waals surface area (Å²) in [5, 5.41) is 10.2. The van der Waals surface area contributed by atoms with Crippen LogP contribution in [0.3, 0.4) is 0 Å². The zero-order valence-electron chi connectivity index (χ0n) is 9.08. The van der Waals surface area contributed by atoms with Crippen molar-refractivity contribution in [3.63, 3.8) is 0 Å². The first-order valence-electron chi connectivity index (χ1n) is 6.14. The molecule has 1 aromatic carbocycles. The highest BCUT2D eigenvalue weighted by Gasteiger charge is 2.27. The van der Waals surface area contributed by atoms with Crippen LogP contribution in [0.1, 0.15) is 48.5 Å². The lowest BCUT2D eigenvalue weighted by Crippen LogP contribution is -2.20. The van der Waals surface area contributed by atoms with Crippen molar-refractivity contribution in [2.24, 2.45) is 5.92 Å². The minimum absolute atomic E-state index is 0.204. The Morgan fingerprint density at radius 1 is 1.07 bits per heavy atom. The number of benzene rings is 1. The molecule has 0 bridgehead atoms. The summed E-state index contributed by atoms with van der Waals surface area (Å²) in [4.78, 5) is 0. The van der Waals surface area contributed by atoms with E-state index in [1.54, 1.807) is 0 Å². The van der Waals surface area contributed by atoms with Gasteiger partial charge in [0, 0.05) is 0 Å². The average Bonchev–Trinajstić information content (AvgIpc) is 2.61. The van der Waals surface area contributed by atoms with Crippen LogP contribution in [-0.2, 0) is 12.8 Å². The summed E-state index contributed by atoms with van der Waals surface area (Å²) in [7, 11) is 0. The normalized spacial score (nSPS) is 22.2. The van der Waals surface area contributed by atoms with Crippen molar-refractivity contribution >= 4 is 0 Å². The molecule has 3 rings (SSSR count). The van der Waals surface area contributed by atoms with E-state index in [4.69, 9.17) is 0 Å². The van der Waals surface area contributed by atoms with Crippen LogP contribution in [0, 0.1) is 5.92 Å². The van der Waals surface area contributed by atoms with Gasteiger partial charge in [0.2, 0.25) is 0 Å². The number of hydrogen-bond acceptors (Lipinski definition) is 1. The lowest BCUT2D eigenvalue weighted by molar-refractivity contribution is 0.0620. The van der Waals surface area contributed by atoms with Crippen LogP contribution in [0.2, 0.25) is 0 Å². The Labute approximate surface area is 91.1 Å². The molecule has 1 atom stereocenters. The second-order valence-electron chi connectivity index (χ2n) is 5.02. The fourth-order valence-electron chi connectivity index (χ4n) is 2.80. The van der Waals surface area contributed by atoms with Crippen molar-refractivity contribution < 1.29 is 5.11 Å². The molecule has 1 heteroatoms. The molecule has 0 aliphatic heterocycles. The molecule has 1 fully saturated rings. The molecule has 80 valence electrons. The molecule has 1 saturated carbocycles. The molecule has 1 N–H and O–H groups in total. The second kappa shape index (κ2) is 3.64. The number of fused-ring (bicyclic) bond motifs is 1. The van der Waals surface area contributed by atoms with Crippen LogP contribution < -0.4 is 0 Å². The van der Waals surface area contributed by atoms with E-state index in [1.165, 1.54) is 49.7 Å². The molecule has 15 heavy (non-hydrogen) atoms. The van der Waals surface area contributed by atoms with Gasteiger partial charge in [-0.25, -0.2) is 0 Å². The minimum atomic E-state index is -0.204. The summed E-state index contributed by atoms with van der Waals surface area (Å²) in [6, 6.07) is 6.60. The van der Waals surface area contributed by atoms with E-state index in [-0.39, 0.29) is 6.10 Å². The third-order valence-corrected chi connectivity index (χ3v) is 4.06. The number of aliphatic hydroxyl groups excluding tert-OH is 1. The molecular formula is C14H18O. The van der Waals surface area contributed by atoms with Crippen molar-refractivity contribution in [2.45, 2.75) is 44.6 Å². The minimum Gasteiger partial charge on any atom is -0.388 e. The predicted molar refractivity (Wildman–Crippen MR) is 60.8 cm³/mol. The molecule has 0 heterocycles. The Hall–Kier alpha value is -0.820. The Morgan fingerprint density at radius 3 is 2.60 bits per heavy atom. The van der Waals surface area contributed by atoms with Gasteiger partial charge < -0.3 is 5.11 Å². The zero-order valence-corrected chi connectivity index (χ0v) is 9.08. The van der Waals surface area contributed by atoms with Crippen molar-refractivity contribution in [1.29, 1.82) is 0 Å². The molecule has 0 saturated heterocycles. The quantitative estimate of drug-likeness (QED) is 0.781. The van der Waals surface area contributed by atoms with Crippen LogP contribution in [0.4, 0.5) is 0 Å². The topological polar surface area (TPSA) is 20.2 Å². The molecule has 0 radical (unpaired) electrons. The van der Waals surface area contributed by atoms with Gasteiger partial charge in [0.15, 0.2) is 0 Å². The van der Waals surface area contributed by atoms with Crippen molar-refractivity contribution in [3.05, 3.63) is 34.9 Å². The SMILES string of the molecule is OC(c1ccc2c(c1)CCC2)C1CCC1. The maximum atomic E-state index is 10.2. The second-order valence-corrected chi connectivity index (χ2v) is 5.02. The summed E-state index contributed by atoms with van der Waals surface area (Å²) in [5.41, 5.74) is 4.13. The highest BCUT2D eigenvalue weighted by Crippen LogP contribution is 2.38. The van der Waals surface area contributed by atoms with Crippen LogP contribution in [0.5, 0.6) is 0 Å². The summed E-state index contributed by atoms with van der Waals surface area (Å²) in [6.45, 7) is 0. The van der Waals surface area contributed by atoms with Gasteiger partial charge in [0.1, 0.15) is 0 Å². The lowest BCUT2D eigenvalue weighted by atomic mass is 9.78. The van der Waals surface area contributed by atoms with Crippen LogP contribution in [0.15, 0.2) is 18.2 Å². The van der Waals surface area contributed by atoms with E-state index < -0.39 is 0 Å². The van der Waals surface area contributed by atoms with E-state index in [9.17, 15) is 5.11 Å². The maximum absolute atomic E-state index is 10.2. The first-order valence-corrected chi connectivity index (χ1v) is 6.14. The maximum Gasteiger partial charge on any atom is 0.0818 e. The first kappa shape index (κ1) is 9.41. The highest BCUT2D eigenvalue weighted by molar-refractivity contribution is 5.36. The smallest absolute Gasteiger partial charge is 0.0818 e. The highest BCUT2D eigenvalue weighted by atomic mass is 16.3.